The largest absolute Gasteiger partial charge is 0.382 e. The number of aromatic nitrogens is 2. The van der Waals surface area contributed by atoms with E-state index in [1.54, 1.807) is 9.58 Å². The maximum Gasteiger partial charge on any atom is 0.322 e. The van der Waals surface area contributed by atoms with Gasteiger partial charge in [-0.2, -0.15) is 5.10 Å². The van der Waals surface area contributed by atoms with E-state index in [0.29, 0.717) is 43.5 Å². The molecule has 134 valence electrons. The topological polar surface area (TPSA) is 85.4 Å². The number of rotatable bonds is 2. The molecule has 7 heteroatoms. The van der Waals surface area contributed by atoms with E-state index >= 15 is 0 Å². The number of carbonyl (C=O) groups is 1. The number of urea groups is 1. The van der Waals surface area contributed by atoms with Gasteiger partial charge in [-0.25, -0.2) is 9.48 Å². The normalized spacial score (nSPS) is 15.2. The zero-order valence-corrected chi connectivity index (χ0v) is 15.0. The van der Waals surface area contributed by atoms with Gasteiger partial charge in [0.1, 0.15) is 17.2 Å². The van der Waals surface area contributed by atoms with Gasteiger partial charge >= 0.3 is 6.03 Å². The van der Waals surface area contributed by atoms with E-state index in [1.807, 2.05) is 51.1 Å². The van der Waals surface area contributed by atoms with Crippen molar-refractivity contribution >= 4 is 17.5 Å². The highest BCUT2D eigenvalue weighted by Gasteiger charge is 2.27. The van der Waals surface area contributed by atoms with Crippen molar-refractivity contribution in [2.24, 2.45) is 0 Å². The lowest BCUT2D eigenvalue weighted by Gasteiger charge is -2.27. The van der Waals surface area contributed by atoms with E-state index in [1.165, 1.54) is 0 Å². The fourth-order valence-corrected chi connectivity index (χ4v) is 2.82. The SMILES string of the molecule is CC(C)(C)n1nc(-c2ccccc2)c(NC(=O)N2CCOCC2)c1N. The summed E-state index contributed by atoms with van der Waals surface area (Å²) in [4.78, 5) is 14.4. The molecular formula is C18H25N5O2. The van der Waals surface area contributed by atoms with Crippen molar-refractivity contribution in [3.05, 3.63) is 30.3 Å². The van der Waals surface area contributed by atoms with Crippen LogP contribution in [0.2, 0.25) is 0 Å². The second-order valence-corrected chi connectivity index (χ2v) is 7.09. The van der Waals surface area contributed by atoms with Gasteiger partial charge in [-0.05, 0) is 20.8 Å². The molecule has 0 radical (unpaired) electrons. The number of carbonyl (C=O) groups excluding carboxylic acids is 1. The molecule has 2 amide bonds. The summed E-state index contributed by atoms with van der Waals surface area (Å²) in [6, 6.07) is 9.56. The van der Waals surface area contributed by atoms with Crippen LogP contribution in [0.25, 0.3) is 11.3 Å². The molecule has 1 fully saturated rings. The Labute approximate surface area is 147 Å². The zero-order chi connectivity index (χ0) is 18.0. The molecule has 3 rings (SSSR count). The molecule has 0 bridgehead atoms. The number of hydrogen-bond donors (Lipinski definition) is 2. The van der Waals surface area contributed by atoms with Gasteiger partial charge in [-0.1, -0.05) is 30.3 Å². The van der Waals surface area contributed by atoms with E-state index in [4.69, 9.17) is 10.5 Å². The van der Waals surface area contributed by atoms with E-state index in [-0.39, 0.29) is 11.6 Å². The number of hydrogen-bond acceptors (Lipinski definition) is 4. The molecule has 0 spiro atoms. The number of amides is 2. The van der Waals surface area contributed by atoms with Crippen LogP contribution in [0.5, 0.6) is 0 Å². The molecule has 1 saturated heterocycles. The summed E-state index contributed by atoms with van der Waals surface area (Å²) in [6.45, 7) is 8.32. The molecule has 0 aliphatic carbocycles. The number of nitrogens with two attached hydrogens (primary N) is 1. The van der Waals surface area contributed by atoms with Crippen LogP contribution in [-0.2, 0) is 10.3 Å². The fraction of sp³-hybridized carbons (Fsp3) is 0.444. The molecule has 3 N–H and O–H groups in total. The number of morpholine rings is 1. The maximum absolute atomic E-state index is 12.6. The highest BCUT2D eigenvalue weighted by molar-refractivity contribution is 5.97. The van der Waals surface area contributed by atoms with Crippen LogP contribution >= 0.6 is 0 Å². The molecule has 2 aromatic rings. The van der Waals surface area contributed by atoms with Gasteiger partial charge in [-0.3, -0.25) is 0 Å². The third-order valence-electron chi connectivity index (χ3n) is 4.13. The number of anilines is 2. The van der Waals surface area contributed by atoms with Gasteiger partial charge in [0.05, 0.1) is 18.8 Å². The third-order valence-corrected chi connectivity index (χ3v) is 4.13. The number of benzene rings is 1. The first-order chi connectivity index (χ1) is 11.9. The standard InChI is InChI=1S/C18H25N5O2/c1-18(2,3)23-16(19)15(14(21-23)13-7-5-4-6-8-13)20-17(24)22-9-11-25-12-10-22/h4-8H,9-12,19H2,1-3H3,(H,20,24). The van der Waals surface area contributed by atoms with Crippen molar-refractivity contribution in [1.29, 1.82) is 0 Å². The number of nitrogen functional groups attached to an aromatic ring is 1. The van der Waals surface area contributed by atoms with Gasteiger partial charge in [0.25, 0.3) is 0 Å². The monoisotopic (exact) mass is 343 g/mol. The van der Waals surface area contributed by atoms with Crippen molar-refractivity contribution in [1.82, 2.24) is 14.7 Å². The average Bonchev–Trinajstić information content (AvgIpc) is 2.93. The first kappa shape index (κ1) is 17.3. The van der Waals surface area contributed by atoms with Gasteiger partial charge in [0.15, 0.2) is 0 Å². The smallest absolute Gasteiger partial charge is 0.322 e. The summed E-state index contributed by atoms with van der Waals surface area (Å²) in [5, 5.41) is 7.65. The van der Waals surface area contributed by atoms with E-state index in [9.17, 15) is 4.79 Å². The molecule has 0 saturated carbocycles. The van der Waals surface area contributed by atoms with Crippen LogP contribution < -0.4 is 11.1 Å². The molecule has 2 heterocycles. The molecule has 0 unspecified atom stereocenters. The van der Waals surface area contributed by atoms with Crippen molar-refractivity contribution in [3.8, 4) is 11.3 Å². The van der Waals surface area contributed by atoms with E-state index in [0.717, 1.165) is 5.56 Å². The van der Waals surface area contributed by atoms with E-state index < -0.39 is 0 Å². The third kappa shape index (κ3) is 3.61. The molecule has 1 aromatic carbocycles. The van der Waals surface area contributed by atoms with Crippen LogP contribution in [0.1, 0.15) is 20.8 Å². The predicted octanol–water partition coefficient (Wildman–Crippen LogP) is 2.75. The minimum absolute atomic E-state index is 0.180. The van der Waals surface area contributed by atoms with Crippen molar-refractivity contribution < 1.29 is 9.53 Å². The van der Waals surface area contributed by atoms with Crippen LogP contribution in [0.4, 0.5) is 16.3 Å². The van der Waals surface area contributed by atoms with Gasteiger partial charge < -0.3 is 20.7 Å². The van der Waals surface area contributed by atoms with Crippen molar-refractivity contribution in [2.45, 2.75) is 26.3 Å². The van der Waals surface area contributed by atoms with Gasteiger partial charge in [-0.15, -0.1) is 0 Å². The Morgan fingerprint density at radius 1 is 1.20 bits per heavy atom. The summed E-state index contributed by atoms with van der Waals surface area (Å²) in [7, 11) is 0. The lowest BCUT2D eigenvalue weighted by atomic mass is 10.1. The second kappa shape index (κ2) is 6.76. The highest BCUT2D eigenvalue weighted by Crippen LogP contribution is 2.35. The minimum atomic E-state index is -0.296. The van der Waals surface area contributed by atoms with Gasteiger partial charge in [0.2, 0.25) is 0 Å². The average molecular weight is 343 g/mol. The Balaban J connectivity index is 1.98. The first-order valence-electron chi connectivity index (χ1n) is 8.46. The second-order valence-electron chi connectivity index (χ2n) is 7.09. The van der Waals surface area contributed by atoms with Crippen LogP contribution in [0, 0.1) is 0 Å². The Hall–Kier alpha value is -2.54. The fourth-order valence-electron chi connectivity index (χ4n) is 2.82. The number of nitrogens with one attached hydrogen (secondary N) is 1. The van der Waals surface area contributed by atoms with Gasteiger partial charge in [0, 0.05) is 18.7 Å². The maximum atomic E-state index is 12.6. The Morgan fingerprint density at radius 3 is 2.44 bits per heavy atom. The van der Waals surface area contributed by atoms with Crippen LogP contribution in [0.15, 0.2) is 30.3 Å². The van der Waals surface area contributed by atoms with Crippen LogP contribution in [0.3, 0.4) is 0 Å². The lowest BCUT2D eigenvalue weighted by molar-refractivity contribution is 0.0564. The molecule has 7 nitrogen and oxygen atoms in total. The first-order valence-corrected chi connectivity index (χ1v) is 8.46. The minimum Gasteiger partial charge on any atom is -0.382 e. The Bertz CT molecular complexity index is 743. The summed E-state index contributed by atoms with van der Waals surface area (Å²) >= 11 is 0. The summed E-state index contributed by atoms with van der Waals surface area (Å²) in [5.74, 6) is 0.452. The predicted molar refractivity (Wildman–Crippen MR) is 98.5 cm³/mol. The number of nitrogens with zero attached hydrogens (tertiary/aromatic N) is 3. The van der Waals surface area contributed by atoms with Crippen molar-refractivity contribution in [2.75, 3.05) is 37.4 Å². The molecule has 1 aliphatic heterocycles. The Morgan fingerprint density at radius 2 is 1.84 bits per heavy atom. The van der Waals surface area contributed by atoms with Crippen LogP contribution in [-0.4, -0.2) is 47.0 Å². The molecule has 25 heavy (non-hydrogen) atoms. The summed E-state index contributed by atoms with van der Waals surface area (Å²) < 4.78 is 7.06. The Kier molecular flexibility index (Phi) is 4.67. The quantitative estimate of drug-likeness (QED) is 0.878. The summed E-state index contributed by atoms with van der Waals surface area (Å²) in [6.07, 6.45) is 0. The molecule has 1 aliphatic rings. The lowest BCUT2D eigenvalue weighted by Crippen LogP contribution is -2.43. The number of ether oxygens (including phenoxy) is 1. The molecule has 1 aromatic heterocycles. The molecule has 0 atom stereocenters. The molecular weight excluding hydrogens is 318 g/mol. The zero-order valence-electron chi connectivity index (χ0n) is 15.0. The summed E-state index contributed by atoms with van der Waals surface area (Å²) in [5.41, 5.74) is 8.19. The van der Waals surface area contributed by atoms with E-state index in [2.05, 4.69) is 10.4 Å². The highest BCUT2D eigenvalue weighted by atomic mass is 16.5. The van der Waals surface area contributed by atoms with Crippen molar-refractivity contribution in [3.63, 3.8) is 0 Å².